The molecule has 0 amide bonds. The van der Waals surface area contributed by atoms with Crippen LogP contribution in [0.4, 0.5) is 0 Å². The average Bonchev–Trinajstić information content (AvgIpc) is 3.08. The Balaban J connectivity index is 1.60. The van der Waals surface area contributed by atoms with Crippen molar-refractivity contribution in [1.82, 2.24) is 14.7 Å². The molecular formula is C17H30N4. The number of hydrogen-bond donors (Lipinski definition) is 1. The van der Waals surface area contributed by atoms with E-state index >= 15 is 0 Å². The van der Waals surface area contributed by atoms with Crippen molar-refractivity contribution in [3.8, 4) is 0 Å². The first-order chi connectivity index (χ1) is 10.2. The third-order valence-electron chi connectivity index (χ3n) is 5.60. The first-order valence-electron chi connectivity index (χ1n) is 8.73. The van der Waals surface area contributed by atoms with E-state index in [1.807, 2.05) is 0 Å². The number of hydrogen-bond acceptors (Lipinski definition) is 3. The van der Waals surface area contributed by atoms with Crippen LogP contribution >= 0.6 is 0 Å². The van der Waals surface area contributed by atoms with Crippen LogP contribution in [0, 0.1) is 11.8 Å². The first-order valence-corrected chi connectivity index (χ1v) is 8.73. The molecule has 3 rings (SSSR count). The second-order valence-electron chi connectivity index (χ2n) is 6.97. The predicted octanol–water partition coefficient (Wildman–Crippen LogP) is 2.80. The summed E-state index contributed by atoms with van der Waals surface area (Å²) in [4.78, 5) is 2.57. The lowest BCUT2D eigenvalue weighted by Crippen LogP contribution is -2.38. The summed E-state index contributed by atoms with van der Waals surface area (Å²) in [6.07, 6.45) is 8.37. The number of nitrogens with two attached hydrogens (primary N) is 1. The van der Waals surface area contributed by atoms with E-state index in [0.717, 1.165) is 31.2 Å². The van der Waals surface area contributed by atoms with Crippen LogP contribution in [0.15, 0.2) is 12.3 Å². The van der Waals surface area contributed by atoms with E-state index < -0.39 is 0 Å². The van der Waals surface area contributed by atoms with Crippen molar-refractivity contribution in [2.75, 3.05) is 13.1 Å². The monoisotopic (exact) mass is 290 g/mol. The molecule has 1 aliphatic heterocycles. The molecule has 3 unspecified atom stereocenters. The summed E-state index contributed by atoms with van der Waals surface area (Å²) in [5.74, 6) is 1.55. The maximum absolute atomic E-state index is 6.31. The van der Waals surface area contributed by atoms with Crippen molar-refractivity contribution in [1.29, 1.82) is 0 Å². The molecule has 2 aliphatic rings. The molecule has 1 aliphatic carbocycles. The fourth-order valence-corrected chi connectivity index (χ4v) is 4.30. The molecule has 21 heavy (non-hydrogen) atoms. The van der Waals surface area contributed by atoms with Crippen molar-refractivity contribution < 1.29 is 0 Å². The molecule has 118 valence electrons. The molecule has 0 radical (unpaired) electrons. The van der Waals surface area contributed by atoms with Crippen LogP contribution in [0.1, 0.15) is 57.7 Å². The summed E-state index contributed by atoms with van der Waals surface area (Å²) in [6, 6.07) is 3.17. The normalized spacial score (nSPS) is 30.0. The summed E-state index contributed by atoms with van der Waals surface area (Å²) < 4.78 is 2.16. The highest BCUT2D eigenvalue weighted by Crippen LogP contribution is 2.35. The molecule has 4 nitrogen and oxygen atoms in total. The Morgan fingerprint density at radius 2 is 2.10 bits per heavy atom. The number of fused-ring (bicyclic) bond motifs is 1. The van der Waals surface area contributed by atoms with Crippen LogP contribution in [0.3, 0.4) is 0 Å². The maximum Gasteiger partial charge on any atom is 0.0764 e. The van der Waals surface area contributed by atoms with E-state index in [-0.39, 0.29) is 0 Å². The lowest BCUT2D eigenvalue weighted by atomic mass is 9.78. The van der Waals surface area contributed by atoms with Crippen LogP contribution in [0.5, 0.6) is 0 Å². The zero-order valence-electron chi connectivity index (χ0n) is 13.5. The van der Waals surface area contributed by atoms with Gasteiger partial charge >= 0.3 is 0 Å². The fourth-order valence-electron chi connectivity index (χ4n) is 4.30. The predicted molar refractivity (Wildman–Crippen MR) is 85.9 cm³/mol. The van der Waals surface area contributed by atoms with Gasteiger partial charge in [-0.15, -0.1) is 0 Å². The highest BCUT2D eigenvalue weighted by atomic mass is 15.3. The van der Waals surface area contributed by atoms with E-state index in [1.165, 1.54) is 38.0 Å². The Hall–Kier alpha value is -0.870. The van der Waals surface area contributed by atoms with Gasteiger partial charge < -0.3 is 5.73 Å². The average molecular weight is 290 g/mol. The van der Waals surface area contributed by atoms with Gasteiger partial charge in [0.25, 0.3) is 0 Å². The SMILES string of the molecule is CCC(CC)n1ccc(CN2CC3CCCC(N)C3C2)n1. The topological polar surface area (TPSA) is 47.1 Å². The minimum absolute atomic E-state index is 0.427. The van der Waals surface area contributed by atoms with Gasteiger partial charge in [0.2, 0.25) is 0 Å². The fraction of sp³-hybridized carbons (Fsp3) is 0.824. The largest absolute Gasteiger partial charge is 0.327 e. The van der Waals surface area contributed by atoms with Gasteiger partial charge in [0.15, 0.2) is 0 Å². The van der Waals surface area contributed by atoms with Gasteiger partial charge in [-0.1, -0.05) is 20.3 Å². The maximum atomic E-state index is 6.31. The zero-order valence-corrected chi connectivity index (χ0v) is 13.5. The van der Waals surface area contributed by atoms with Crippen LogP contribution in [-0.2, 0) is 6.54 Å². The Morgan fingerprint density at radius 1 is 1.29 bits per heavy atom. The van der Waals surface area contributed by atoms with Gasteiger partial charge in [-0.25, -0.2) is 0 Å². The van der Waals surface area contributed by atoms with Crippen LogP contribution in [0.25, 0.3) is 0 Å². The Labute approximate surface area is 128 Å². The zero-order chi connectivity index (χ0) is 14.8. The lowest BCUT2D eigenvalue weighted by molar-refractivity contribution is 0.259. The third kappa shape index (κ3) is 3.16. The summed E-state index contributed by atoms with van der Waals surface area (Å²) >= 11 is 0. The van der Waals surface area contributed by atoms with Gasteiger partial charge in [-0.3, -0.25) is 9.58 Å². The van der Waals surface area contributed by atoms with Crippen molar-refractivity contribution in [2.24, 2.45) is 17.6 Å². The summed E-state index contributed by atoms with van der Waals surface area (Å²) in [5.41, 5.74) is 7.53. The molecule has 0 spiro atoms. The van der Waals surface area contributed by atoms with Crippen LogP contribution in [-0.4, -0.2) is 33.8 Å². The van der Waals surface area contributed by atoms with E-state index in [2.05, 4.69) is 35.7 Å². The number of likely N-dealkylation sites (tertiary alicyclic amines) is 1. The quantitative estimate of drug-likeness (QED) is 0.907. The van der Waals surface area contributed by atoms with Gasteiger partial charge in [-0.2, -0.15) is 5.10 Å². The molecular weight excluding hydrogens is 260 g/mol. The van der Waals surface area contributed by atoms with Gasteiger partial charge in [0.1, 0.15) is 0 Å². The molecule has 1 aromatic rings. The van der Waals surface area contributed by atoms with Crippen molar-refractivity contribution in [3.63, 3.8) is 0 Å². The minimum atomic E-state index is 0.427. The molecule has 2 N–H and O–H groups in total. The Kier molecular flexibility index (Phi) is 4.65. The van der Waals surface area contributed by atoms with Crippen LogP contribution < -0.4 is 5.73 Å². The summed E-state index contributed by atoms with van der Waals surface area (Å²) in [7, 11) is 0. The van der Waals surface area contributed by atoms with Crippen molar-refractivity contribution in [2.45, 2.75) is 64.6 Å². The van der Waals surface area contributed by atoms with E-state index in [0.29, 0.717) is 12.1 Å². The van der Waals surface area contributed by atoms with Gasteiger partial charge in [0, 0.05) is 31.9 Å². The summed E-state index contributed by atoms with van der Waals surface area (Å²) in [5, 5.41) is 4.80. The molecule has 1 saturated carbocycles. The van der Waals surface area contributed by atoms with Gasteiger partial charge in [-0.05, 0) is 43.6 Å². The standard InChI is InChI=1S/C17H30N4/c1-3-15(4-2)21-9-8-14(19-21)11-20-10-13-6-5-7-17(18)16(13)12-20/h8-9,13,15-17H,3-7,10-12,18H2,1-2H3. The van der Waals surface area contributed by atoms with Crippen molar-refractivity contribution >= 4 is 0 Å². The first kappa shape index (κ1) is 15.0. The molecule has 3 atom stereocenters. The highest BCUT2D eigenvalue weighted by Gasteiger charge is 2.38. The highest BCUT2D eigenvalue weighted by molar-refractivity contribution is 5.02. The Morgan fingerprint density at radius 3 is 2.81 bits per heavy atom. The molecule has 2 fully saturated rings. The Bertz CT molecular complexity index is 451. The van der Waals surface area contributed by atoms with Crippen LogP contribution in [0.2, 0.25) is 0 Å². The molecule has 4 heteroatoms. The molecule has 1 aromatic heterocycles. The molecule has 1 saturated heterocycles. The van der Waals surface area contributed by atoms with Crippen molar-refractivity contribution in [3.05, 3.63) is 18.0 Å². The third-order valence-corrected chi connectivity index (χ3v) is 5.60. The molecule has 0 bridgehead atoms. The molecule has 2 heterocycles. The lowest BCUT2D eigenvalue weighted by Gasteiger charge is -2.29. The minimum Gasteiger partial charge on any atom is -0.327 e. The second-order valence-corrected chi connectivity index (χ2v) is 6.97. The number of aromatic nitrogens is 2. The van der Waals surface area contributed by atoms with E-state index in [9.17, 15) is 0 Å². The van der Waals surface area contributed by atoms with E-state index in [1.54, 1.807) is 0 Å². The molecule has 0 aromatic carbocycles. The summed E-state index contributed by atoms with van der Waals surface area (Å²) in [6.45, 7) is 7.86. The van der Waals surface area contributed by atoms with Gasteiger partial charge in [0.05, 0.1) is 11.7 Å². The number of nitrogens with zero attached hydrogens (tertiary/aromatic N) is 3. The smallest absolute Gasteiger partial charge is 0.0764 e. The van der Waals surface area contributed by atoms with E-state index in [4.69, 9.17) is 10.8 Å². The number of rotatable bonds is 5. The second kappa shape index (κ2) is 6.49.